The van der Waals surface area contributed by atoms with Gasteiger partial charge in [-0.1, -0.05) is 19.1 Å². The Labute approximate surface area is 419 Å². The molecular formula is C51H59BrF3N10O5P. The van der Waals surface area contributed by atoms with Crippen molar-refractivity contribution < 1.29 is 36.9 Å². The molecule has 3 N–H and O–H groups in total. The van der Waals surface area contributed by atoms with Crippen molar-refractivity contribution in [2.45, 2.75) is 76.0 Å². The molecule has 3 amide bonds. The van der Waals surface area contributed by atoms with Crippen molar-refractivity contribution in [1.82, 2.24) is 30.1 Å². The summed E-state index contributed by atoms with van der Waals surface area (Å²) < 4.78 is 60.5. The van der Waals surface area contributed by atoms with E-state index in [2.05, 4.69) is 87.6 Å². The number of hydrogen-bond acceptors (Lipinski definition) is 13. The zero-order valence-corrected chi connectivity index (χ0v) is 43.0. The summed E-state index contributed by atoms with van der Waals surface area (Å²) in [6.45, 7) is 10.2. The maximum absolute atomic E-state index is 13.6. The van der Waals surface area contributed by atoms with E-state index in [4.69, 9.17) is 9.72 Å². The molecule has 4 aliphatic rings. The molecule has 3 saturated heterocycles. The highest BCUT2D eigenvalue weighted by Gasteiger charge is 2.41. The third-order valence-electron chi connectivity index (χ3n) is 14.6. The number of carbonyl (C=O) groups is 3. The number of aryl methyl sites for hydroxylation is 1. The van der Waals surface area contributed by atoms with Crippen LogP contribution in [0.25, 0.3) is 10.9 Å². The second-order valence-corrected chi connectivity index (χ2v) is 23.4. The van der Waals surface area contributed by atoms with Crippen molar-refractivity contribution in [3.8, 4) is 5.75 Å². The van der Waals surface area contributed by atoms with Crippen LogP contribution in [0.5, 0.6) is 5.75 Å². The molecule has 0 spiro atoms. The van der Waals surface area contributed by atoms with E-state index in [9.17, 15) is 32.1 Å². The summed E-state index contributed by atoms with van der Waals surface area (Å²) in [5.41, 5.74) is 4.37. The SMILES string of the molecule is CCc1cc(Nc2ncc(Br)c(Nc3ccc4nc(C(F)(F)F)ccc4c3P(C)(C)=O)n2)c(OC)cc1N1CCC(N2CCN(C(=O)C3CC(N(C)c4ccc(C5CCC(=O)NC5=O)cc4)C3)CC2)CC1. The summed E-state index contributed by atoms with van der Waals surface area (Å²) in [5.74, 6) is 0.763. The Morgan fingerprint density at radius 1 is 0.930 bits per heavy atom. The maximum atomic E-state index is 13.6. The summed E-state index contributed by atoms with van der Waals surface area (Å²) in [4.78, 5) is 59.9. The number of carbonyl (C=O) groups excluding carboxylic acids is 3. The predicted molar refractivity (Wildman–Crippen MR) is 274 cm³/mol. The van der Waals surface area contributed by atoms with Crippen molar-refractivity contribution in [3.05, 3.63) is 88.2 Å². The van der Waals surface area contributed by atoms with Gasteiger partial charge in [0.1, 0.15) is 24.4 Å². The topological polar surface area (TPSA) is 165 Å². The molecule has 2 aromatic heterocycles. The number of halogens is 4. The predicted octanol–water partition coefficient (Wildman–Crippen LogP) is 8.66. The first-order chi connectivity index (χ1) is 33.9. The highest BCUT2D eigenvalue weighted by Crippen LogP contribution is 2.43. The number of rotatable bonds is 13. The Bertz CT molecular complexity index is 2880. The molecule has 3 aliphatic heterocycles. The van der Waals surface area contributed by atoms with E-state index in [0.29, 0.717) is 57.0 Å². The number of nitrogens with zero attached hydrogens (tertiary/aromatic N) is 7. The van der Waals surface area contributed by atoms with Crippen LogP contribution in [0.1, 0.15) is 68.2 Å². The number of hydrogen-bond donors (Lipinski definition) is 3. The summed E-state index contributed by atoms with van der Waals surface area (Å²) in [7, 11) is 0.634. The first-order valence-corrected chi connectivity index (χ1v) is 27.6. The molecule has 20 heteroatoms. The number of amides is 3. The van der Waals surface area contributed by atoms with Crippen LogP contribution in [0.15, 0.2) is 71.3 Å². The molecule has 1 saturated carbocycles. The quantitative estimate of drug-likeness (QED) is 0.0759. The first-order valence-electron chi connectivity index (χ1n) is 24.2. The van der Waals surface area contributed by atoms with Crippen LogP contribution < -0.4 is 35.8 Å². The van der Waals surface area contributed by atoms with Crippen molar-refractivity contribution in [2.75, 3.05) is 87.2 Å². The summed E-state index contributed by atoms with van der Waals surface area (Å²) in [5, 5.41) is 9.72. The molecule has 1 unspecified atom stereocenters. The van der Waals surface area contributed by atoms with Gasteiger partial charge in [-0.05, 0) is 121 Å². The van der Waals surface area contributed by atoms with Crippen molar-refractivity contribution in [2.24, 2.45) is 5.92 Å². The molecule has 71 heavy (non-hydrogen) atoms. The van der Waals surface area contributed by atoms with E-state index in [1.54, 1.807) is 32.7 Å². The van der Waals surface area contributed by atoms with E-state index in [-0.39, 0.29) is 47.1 Å². The Morgan fingerprint density at radius 3 is 2.30 bits per heavy atom. The van der Waals surface area contributed by atoms with Crippen molar-refractivity contribution in [1.29, 1.82) is 0 Å². The van der Waals surface area contributed by atoms with Crippen LogP contribution in [0.2, 0.25) is 0 Å². The fraction of sp³-hybridized carbons (Fsp3) is 0.451. The third-order valence-corrected chi connectivity index (χ3v) is 16.7. The number of alkyl halides is 3. The minimum atomic E-state index is -4.62. The van der Waals surface area contributed by atoms with Gasteiger partial charge in [0.15, 0.2) is 0 Å². The fourth-order valence-corrected chi connectivity index (χ4v) is 12.3. The average molecular weight is 1060 g/mol. The standard InChI is InChI=1S/C51H59BrF3N10O5P/c1-6-30-27-41(59-50-56-29-38(52)47(61-50)58-40-14-13-39-37(46(40)71(4,5)69)11-15-44(57-39)51(53,54)55)43(70-3)28-42(30)64-19-17-34(18-20-64)63-21-23-65(24-22-63)49(68)32-25-35(26-32)62(2)33-9-7-31(8-10-33)36-12-16-45(66)60-48(36)67/h7-11,13-15,27-29,32,34-36H,6,12,16-26H2,1-5H3,(H,60,66,67)(H2,56,58,59,61). The van der Waals surface area contributed by atoms with Gasteiger partial charge in [0.25, 0.3) is 0 Å². The normalized spacial score (nSPS) is 20.4. The van der Waals surface area contributed by atoms with Gasteiger partial charge < -0.3 is 34.6 Å². The number of pyridine rings is 1. The Balaban J connectivity index is 0.781. The molecule has 1 atom stereocenters. The van der Waals surface area contributed by atoms with Crippen LogP contribution in [0.4, 0.5) is 47.7 Å². The lowest BCUT2D eigenvalue weighted by atomic mass is 9.78. The van der Waals surface area contributed by atoms with E-state index in [0.717, 1.165) is 99.9 Å². The number of imide groups is 1. The second-order valence-electron chi connectivity index (χ2n) is 19.4. The van der Waals surface area contributed by atoms with Crippen LogP contribution in [-0.4, -0.2) is 121 Å². The van der Waals surface area contributed by atoms with E-state index in [1.807, 2.05) is 24.3 Å². The Morgan fingerprint density at radius 2 is 1.65 bits per heavy atom. The van der Waals surface area contributed by atoms with Gasteiger partial charge in [0.2, 0.25) is 23.7 Å². The van der Waals surface area contributed by atoms with Gasteiger partial charge in [-0.3, -0.25) is 24.6 Å². The number of fused-ring (bicyclic) bond motifs is 1. The van der Waals surface area contributed by atoms with Gasteiger partial charge in [-0.15, -0.1) is 0 Å². The zero-order chi connectivity index (χ0) is 50.4. The molecule has 5 heterocycles. The number of piperazine rings is 1. The van der Waals surface area contributed by atoms with Gasteiger partial charge in [0.05, 0.1) is 34.4 Å². The molecule has 0 radical (unpaired) electrons. The monoisotopic (exact) mass is 1060 g/mol. The maximum Gasteiger partial charge on any atom is 0.433 e. The minimum Gasteiger partial charge on any atom is -0.494 e. The largest absolute Gasteiger partial charge is 0.494 e. The van der Waals surface area contributed by atoms with Crippen LogP contribution in [0.3, 0.4) is 0 Å². The number of aromatic nitrogens is 3. The number of piperidine rings is 2. The van der Waals surface area contributed by atoms with Gasteiger partial charge in [-0.2, -0.15) is 18.2 Å². The fourth-order valence-electron chi connectivity index (χ4n) is 10.6. The Hall–Kier alpha value is -5.78. The average Bonchev–Trinajstić information content (AvgIpc) is 3.33. The lowest BCUT2D eigenvalue weighted by Gasteiger charge is -2.46. The van der Waals surface area contributed by atoms with Gasteiger partial charge in [0, 0.05) is 105 Å². The van der Waals surface area contributed by atoms with E-state index >= 15 is 0 Å². The molecular weight excluding hydrogens is 1000 g/mol. The second kappa shape index (κ2) is 20.4. The number of anilines is 6. The van der Waals surface area contributed by atoms with Crippen molar-refractivity contribution in [3.63, 3.8) is 0 Å². The van der Waals surface area contributed by atoms with Crippen LogP contribution in [0, 0.1) is 5.92 Å². The van der Waals surface area contributed by atoms with Crippen LogP contribution in [-0.2, 0) is 31.5 Å². The number of benzene rings is 3. The molecule has 9 rings (SSSR count). The summed E-state index contributed by atoms with van der Waals surface area (Å²) >= 11 is 3.52. The Kier molecular flexibility index (Phi) is 14.4. The van der Waals surface area contributed by atoms with Gasteiger partial charge >= 0.3 is 6.18 Å². The minimum absolute atomic E-state index is 0.0288. The summed E-state index contributed by atoms with van der Waals surface area (Å²) in [6, 6.07) is 18.1. The molecule has 0 bridgehead atoms. The molecule has 376 valence electrons. The lowest BCUT2D eigenvalue weighted by molar-refractivity contribution is -0.141. The molecule has 1 aliphatic carbocycles. The van der Waals surface area contributed by atoms with Crippen LogP contribution >= 0.6 is 23.1 Å². The van der Waals surface area contributed by atoms with E-state index in [1.165, 1.54) is 12.1 Å². The first kappa shape index (κ1) is 50.2. The lowest BCUT2D eigenvalue weighted by Crippen LogP contribution is -2.57. The molecule has 15 nitrogen and oxygen atoms in total. The molecule has 4 fully saturated rings. The smallest absolute Gasteiger partial charge is 0.433 e. The summed E-state index contributed by atoms with van der Waals surface area (Å²) in [6.07, 6.45) is 2.26. The van der Waals surface area contributed by atoms with Crippen molar-refractivity contribution >= 4 is 91.5 Å². The molecule has 3 aromatic carbocycles. The zero-order valence-electron chi connectivity index (χ0n) is 40.5. The van der Waals surface area contributed by atoms with E-state index < -0.39 is 19.0 Å². The highest BCUT2D eigenvalue weighted by molar-refractivity contribution is 9.10. The number of ether oxygens (including phenoxy) is 1. The molecule has 5 aromatic rings. The highest BCUT2D eigenvalue weighted by atomic mass is 79.9. The number of methoxy groups -OCH3 is 1. The number of nitrogens with one attached hydrogen (secondary N) is 3. The third kappa shape index (κ3) is 10.7. The van der Waals surface area contributed by atoms with Gasteiger partial charge in [-0.25, -0.2) is 9.97 Å².